The van der Waals surface area contributed by atoms with Crippen molar-refractivity contribution in [1.29, 1.82) is 0 Å². The number of allylic oxidation sites excluding steroid dienone is 1. The number of alkyl halides is 2. The molecule has 1 aromatic carbocycles. The van der Waals surface area contributed by atoms with Gasteiger partial charge in [-0.05, 0) is 49.8 Å². The third-order valence-electron chi connectivity index (χ3n) is 8.96. The first kappa shape index (κ1) is 47.4. The molecule has 2 N–H and O–H groups in total. The first-order chi connectivity index (χ1) is 25.4. The molecule has 0 fully saturated rings. The molecule has 0 bridgehead atoms. The maximum atomic E-state index is 14.3. The van der Waals surface area contributed by atoms with Crippen molar-refractivity contribution >= 4 is 23.8 Å². The maximum Gasteiger partial charge on any atom is 0.344 e. The molecule has 0 saturated carbocycles. The number of carbonyl (C=O) groups is 4. The zero-order valence-corrected chi connectivity index (χ0v) is 32.4. The van der Waals surface area contributed by atoms with Gasteiger partial charge in [-0.1, -0.05) is 83.1 Å². The van der Waals surface area contributed by atoms with Gasteiger partial charge in [0, 0.05) is 39.4 Å². The molecule has 53 heavy (non-hydrogen) atoms. The Hall–Kier alpha value is -3.58. The lowest BCUT2D eigenvalue weighted by Crippen LogP contribution is -2.55. The number of carbonyl (C=O) groups excluding carboxylic acids is 4. The molecule has 0 unspecified atom stereocenters. The van der Waals surface area contributed by atoms with Crippen LogP contribution in [0.25, 0.3) is 0 Å². The molecular formula is C40H63F2NO10. The van der Waals surface area contributed by atoms with Gasteiger partial charge in [0.15, 0.2) is 12.2 Å². The molecule has 0 aromatic heterocycles. The second-order valence-corrected chi connectivity index (χ2v) is 13.3. The highest BCUT2D eigenvalue weighted by molar-refractivity contribution is 5.94. The minimum atomic E-state index is -2.67. The van der Waals surface area contributed by atoms with Crippen LogP contribution in [0.5, 0.6) is 5.75 Å². The van der Waals surface area contributed by atoms with Crippen LogP contribution in [-0.2, 0) is 44.5 Å². The van der Waals surface area contributed by atoms with Crippen LogP contribution in [0.3, 0.4) is 0 Å². The summed E-state index contributed by atoms with van der Waals surface area (Å²) in [6.07, 6.45) is 11.4. The van der Waals surface area contributed by atoms with Crippen LogP contribution < -0.4 is 10.1 Å². The molecule has 0 radical (unpaired) electrons. The second kappa shape index (κ2) is 27.1. The second-order valence-electron chi connectivity index (χ2n) is 13.3. The summed E-state index contributed by atoms with van der Waals surface area (Å²) in [7, 11) is 3.63. The van der Waals surface area contributed by atoms with E-state index in [0.717, 1.165) is 45.6 Å². The fraction of sp³-hybridized carbons (Fsp3) is 0.700. The summed E-state index contributed by atoms with van der Waals surface area (Å²) >= 11 is 0. The number of amides is 1. The van der Waals surface area contributed by atoms with Crippen LogP contribution in [0.2, 0.25) is 0 Å². The van der Waals surface area contributed by atoms with Gasteiger partial charge in [-0.2, -0.15) is 0 Å². The predicted octanol–water partition coefficient (Wildman–Crippen LogP) is 7.06. The molecule has 13 heteroatoms. The number of hydrogen-bond acceptors (Lipinski definition) is 10. The lowest BCUT2D eigenvalue weighted by Gasteiger charge is -2.32. The Balaban J connectivity index is 3.10. The van der Waals surface area contributed by atoms with E-state index in [9.17, 15) is 33.1 Å². The summed E-state index contributed by atoms with van der Waals surface area (Å²) in [6, 6.07) is 5.84. The molecule has 0 aliphatic heterocycles. The van der Waals surface area contributed by atoms with E-state index in [1.807, 2.05) is 0 Å². The summed E-state index contributed by atoms with van der Waals surface area (Å²) in [5.74, 6) is -7.35. The lowest BCUT2D eigenvalue weighted by molar-refractivity contribution is -0.179. The highest BCUT2D eigenvalue weighted by atomic mass is 19.3. The molecule has 302 valence electrons. The van der Waals surface area contributed by atoms with Gasteiger partial charge in [0.25, 0.3) is 0 Å². The predicted molar refractivity (Wildman–Crippen MR) is 198 cm³/mol. The fourth-order valence-electron chi connectivity index (χ4n) is 5.65. The molecule has 0 saturated heterocycles. The van der Waals surface area contributed by atoms with Gasteiger partial charge >= 0.3 is 17.9 Å². The summed E-state index contributed by atoms with van der Waals surface area (Å²) < 4.78 is 53.9. The van der Waals surface area contributed by atoms with Crippen molar-refractivity contribution in [2.24, 2.45) is 5.92 Å². The minimum Gasteiger partial charge on any atom is -0.494 e. The van der Waals surface area contributed by atoms with Gasteiger partial charge in [0.05, 0.1) is 26.7 Å². The molecule has 1 aromatic rings. The van der Waals surface area contributed by atoms with E-state index in [4.69, 9.17) is 18.9 Å². The zero-order chi connectivity index (χ0) is 39.5. The van der Waals surface area contributed by atoms with E-state index in [2.05, 4.69) is 23.9 Å². The smallest absolute Gasteiger partial charge is 0.344 e. The number of hydrogen-bond donors (Lipinski definition) is 2. The summed E-state index contributed by atoms with van der Waals surface area (Å²) in [6.45, 7) is 3.76. The van der Waals surface area contributed by atoms with Crippen molar-refractivity contribution in [3.63, 3.8) is 0 Å². The van der Waals surface area contributed by atoms with Gasteiger partial charge in [-0.15, -0.1) is 0 Å². The number of ether oxygens (including phenoxy) is 5. The summed E-state index contributed by atoms with van der Waals surface area (Å²) in [5, 5.41) is 14.4. The monoisotopic (exact) mass is 755 g/mol. The van der Waals surface area contributed by atoms with Crippen molar-refractivity contribution in [1.82, 2.24) is 5.32 Å². The molecule has 0 aliphatic rings. The van der Waals surface area contributed by atoms with Crippen molar-refractivity contribution in [2.45, 2.75) is 134 Å². The van der Waals surface area contributed by atoms with Gasteiger partial charge < -0.3 is 34.1 Å². The largest absolute Gasteiger partial charge is 0.494 e. The van der Waals surface area contributed by atoms with Crippen LogP contribution >= 0.6 is 0 Å². The highest BCUT2D eigenvalue weighted by Crippen LogP contribution is 2.29. The van der Waals surface area contributed by atoms with E-state index < -0.39 is 53.9 Å². The van der Waals surface area contributed by atoms with Crippen LogP contribution in [-0.4, -0.2) is 87.6 Å². The third kappa shape index (κ3) is 19.4. The molecule has 0 spiro atoms. The third-order valence-corrected chi connectivity index (χ3v) is 8.96. The summed E-state index contributed by atoms with van der Waals surface area (Å²) in [4.78, 5) is 51.9. The van der Waals surface area contributed by atoms with Crippen LogP contribution in [0.4, 0.5) is 8.78 Å². The number of nitrogens with one attached hydrogen (secondary N) is 1. The Morgan fingerprint density at radius 2 is 1.43 bits per heavy atom. The van der Waals surface area contributed by atoms with Gasteiger partial charge in [-0.25, -0.2) is 23.2 Å². The van der Waals surface area contributed by atoms with Crippen molar-refractivity contribution in [3.05, 3.63) is 42.0 Å². The number of benzene rings is 1. The van der Waals surface area contributed by atoms with Crippen molar-refractivity contribution < 1.29 is 56.7 Å². The normalized spacial score (nSPS) is 13.9. The molecule has 11 nitrogen and oxygen atoms in total. The lowest BCUT2D eigenvalue weighted by atomic mass is 9.82. The molecular weight excluding hydrogens is 692 g/mol. The number of methoxy groups -OCH3 is 3. The molecule has 1 amide bonds. The van der Waals surface area contributed by atoms with Crippen molar-refractivity contribution in [2.75, 3.05) is 41.2 Å². The Kier molecular flexibility index (Phi) is 24.2. The highest BCUT2D eigenvalue weighted by Gasteiger charge is 2.48. The summed E-state index contributed by atoms with van der Waals surface area (Å²) in [5.41, 5.74) is -1.82. The Morgan fingerprint density at radius 3 is 2.02 bits per heavy atom. The quantitative estimate of drug-likeness (QED) is 0.0362. The van der Waals surface area contributed by atoms with E-state index in [1.54, 1.807) is 30.3 Å². The van der Waals surface area contributed by atoms with Crippen LogP contribution in [0.15, 0.2) is 36.4 Å². The van der Waals surface area contributed by atoms with Gasteiger partial charge in [0.1, 0.15) is 11.8 Å². The van der Waals surface area contributed by atoms with Crippen LogP contribution in [0, 0.1) is 5.92 Å². The standard InChI is InChI=1S/C40H63F2NO10/c1-6-8-10-14-17-24-39(41,42)25-18-15-12-11-13-16-19-33(40(48,26-28-49-3)38(47)53-30-35(44)50-4)36(45)43-34(37(46)51-5)29-31-20-22-32(23-21-31)52-27-9-7-2/h16,19-23,33-34,48H,6-15,17-18,24-30H2,1-5H3,(H,43,45)/b19-16+/t33-,34+,40+/m1/s1. The molecule has 0 aliphatic carbocycles. The first-order valence-corrected chi connectivity index (χ1v) is 19.0. The Bertz CT molecular complexity index is 1230. The Morgan fingerprint density at radius 1 is 0.811 bits per heavy atom. The first-order valence-electron chi connectivity index (χ1n) is 19.0. The van der Waals surface area contributed by atoms with Crippen LogP contribution in [0.1, 0.15) is 116 Å². The number of halogens is 2. The van der Waals surface area contributed by atoms with Gasteiger partial charge in [0.2, 0.25) is 11.8 Å². The average molecular weight is 756 g/mol. The fourth-order valence-corrected chi connectivity index (χ4v) is 5.65. The average Bonchev–Trinajstić information content (AvgIpc) is 3.15. The number of rotatable bonds is 30. The van der Waals surface area contributed by atoms with E-state index in [-0.39, 0.29) is 32.3 Å². The minimum absolute atomic E-state index is 0.0330. The van der Waals surface area contributed by atoms with Crippen molar-refractivity contribution in [3.8, 4) is 5.75 Å². The number of unbranched alkanes of at least 4 members (excludes halogenated alkanes) is 9. The topological polar surface area (TPSA) is 147 Å². The molecule has 0 heterocycles. The number of aliphatic hydroxyl groups is 1. The number of esters is 3. The zero-order valence-electron chi connectivity index (χ0n) is 32.4. The molecule has 3 atom stereocenters. The van der Waals surface area contributed by atoms with E-state index in [1.165, 1.54) is 20.3 Å². The Labute approximate surface area is 314 Å². The van der Waals surface area contributed by atoms with Gasteiger partial charge in [-0.3, -0.25) is 4.79 Å². The molecule has 1 rings (SSSR count). The maximum absolute atomic E-state index is 14.3. The van der Waals surface area contributed by atoms with E-state index in [0.29, 0.717) is 56.4 Å². The SMILES string of the molecule is CCCCCCCC(F)(F)CCCCCC/C=C/[C@H](C(=O)N[C@@H](Cc1ccc(OCCCC)cc1)C(=O)OC)[C@@](O)(CCOC)C(=O)OCC(=O)OC. The van der Waals surface area contributed by atoms with E-state index >= 15 is 0 Å².